The summed E-state index contributed by atoms with van der Waals surface area (Å²) < 4.78 is 0. The van der Waals surface area contributed by atoms with Gasteiger partial charge in [0, 0.05) is 0 Å². The molecule has 0 aromatic heterocycles. The van der Waals surface area contributed by atoms with Gasteiger partial charge in [0.25, 0.3) is 0 Å². The molecular weight excluding hydrogens is 721 g/mol. The summed E-state index contributed by atoms with van der Waals surface area (Å²) in [6.45, 7) is 0. The molecule has 0 saturated carbocycles. The molecule has 0 fully saturated rings. The minimum atomic E-state index is 1.34. The molecule has 20 rings (SSSR count). The van der Waals surface area contributed by atoms with E-state index in [4.69, 9.17) is 0 Å². The fourth-order valence-corrected chi connectivity index (χ4v) is 15.0. The van der Waals surface area contributed by atoms with Crippen molar-refractivity contribution in [3.05, 3.63) is 133 Å². The first kappa shape index (κ1) is 27.0. The van der Waals surface area contributed by atoms with Crippen molar-refractivity contribution in [3.8, 4) is 0 Å². The van der Waals surface area contributed by atoms with Crippen molar-refractivity contribution in [2.24, 2.45) is 0 Å². The standard InChI is InChI=1S/C60H22/c1-5-23-13-27-17-31-21-32-19-29-15-25-7-3-11-37-38-12-4-8-26-16-30-20-34-22-33-18-28-14-24-6-2-10-36-35(9-1)39(23)51-43(27)55-47(31)59-49(32)57-45(29)53(41(25)37)54(42(26)38)46(30)58(57)50(34)60(59)48(33)56(55)44(28)52(51)40(24)36/h1-22H. The molecule has 0 atom stereocenters. The fraction of sp³-hybridized carbons (Fsp3) is 0. The normalized spacial score (nSPS) is 14.3. The molecule has 0 bridgehead atoms. The van der Waals surface area contributed by atoms with Crippen LogP contribution in [0.15, 0.2) is 133 Å². The number of benzene rings is 20. The van der Waals surface area contributed by atoms with Crippen molar-refractivity contribution in [1.29, 1.82) is 0 Å². The van der Waals surface area contributed by atoms with Crippen LogP contribution in [0.5, 0.6) is 0 Å². The zero-order valence-corrected chi connectivity index (χ0v) is 31.7. The predicted octanol–water partition coefficient (Wildman–Crippen LogP) is 17.4. The molecule has 60 heavy (non-hydrogen) atoms. The lowest BCUT2D eigenvalue weighted by Crippen LogP contribution is -2.01. The highest BCUT2D eigenvalue weighted by Crippen LogP contribution is 2.62. The summed E-state index contributed by atoms with van der Waals surface area (Å²) in [7, 11) is 0. The van der Waals surface area contributed by atoms with Crippen LogP contribution in [0.3, 0.4) is 0 Å². The molecule has 262 valence electrons. The van der Waals surface area contributed by atoms with Crippen molar-refractivity contribution in [1.82, 2.24) is 0 Å². The number of hydrogen-bond acceptors (Lipinski definition) is 0. The van der Waals surface area contributed by atoms with E-state index in [0.29, 0.717) is 0 Å². The maximum atomic E-state index is 2.58. The van der Waals surface area contributed by atoms with Crippen molar-refractivity contribution in [2.45, 2.75) is 0 Å². The molecule has 0 aliphatic carbocycles. The lowest BCUT2D eigenvalue weighted by atomic mass is 9.72. The fourth-order valence-electron chi connectivity index (χ4n) is 15.0. The van der Waals surface area contributed by atoms with Gasteiger partial charge >= 0.3 is 0 Å². The summed E-state index contributed by atoms with van der Waals surface area (Å²) in [4.78, 5) is 0. The Bertz CT molecular complexity index is 4660. The van der Waals surface area contributed by atoms with Crippen LogP contribution in [0.25, 0.3) is 205 Å². The summed E-state index contributed by atoms with van der Waals surface area (Å²) in [5.74, 6) is 0. The highest BCUT2D eigenvalue weighted by molar-refractivity contribution is 6.63. The van der Waals surface area contributed by atoms with Crippen LogP contribution in [-0.4, -0.2) is 0 Å². The second-order valence-electron chi connectivity index (χ2n) is 18.9. The Hall–Kier alpha value is -7.80. The minimum absolute atomic E-state index is 1.34. The SMILES string of the molecule is c1cc2cc3cc4cc5cc6cc7cccc8c9cccc%10cc%11cc%12cc%13cc%14cc%15cccc%16c(c1)c2c1c3c2c4c3c5c4c6c(c78)c(c%109)c%11c4c%12c3c%13c2c%14c1c%15%16. The van der Waals surface area contributed by atoms with Gasteiger partial charge in [0.15, 0.2) is 0 Å². The van der Waals surface area contributed by atoms with E-state index in [1.54, 1.807) is 0 Å². The van der Waals surface area contributed by atoms with E-state index >= 15 is 0 Å². The minimum Gasteiger partial charge on any atom is -0.0610 e. The molecule has 0 spiro atoms. The Kier molecular flexibility index (Phi) is 3.53. The second-order valence-corrected chi connectivity index (χ2v) is 18.9. The van der Waals surface area contributed by atoms with Crippen LogP contribution >= 0.6 is 0 Å². The molecule has 0 heteroatoms. The van der Waals surface area contributed by atoms with Crippen LogP contribution in [0, 0.1) is 0 Å². The van der Waals surface area contributed by atoms with Gasteiger partial charge in [0.05, 0.1) is 0 Å². The third-order valence-corrected chi connectivity index (χ3v) is 16.6. The molecule has 0 aliphatic rings. The van der Waals surface area contributed by atoms with Gasteiger partial charge in [-0.2, -0.15) is 0 Å². The maximum absolute atomic E-state index is 2.58. The molecule has 0 radical (unpaired) electrons. The molecule has 20 aromatic carbocycles. The smallest absolute Gasteiger partial charge is 0.0000906 e. The number of hydrogen-bond donors (Lipinski definition) is 0. The number of rotatable bonds is 0. The van der Waals surface area contributed by atoms with Crippen molar-refractivity contribution >= 4 is 205 Å². The van der Waals surface area contributed by atoms with E-state index in [9.17, 15) is 0 Å². The Balaban J connectivity index is 1.22. The second kappa shape index (κ2) is 7.85. The van der Waals surface area contributed by atoms with E-state index in [1.165, 1.54) is 205 Å². The Morgan fingerprint density at radius 1 is 0.133 bits per heavy atom. The van der Waals surface area contributed by atoms with Crippen LogP contribution in [-0.2, 0) is 0 Å². The molecule has 0 saturated heterocycles. The third-order valence-electron chi connectivity index (χ3n) is 16.6. The average Bonchev–Trinajstić information content (AvgIpc) is 3.27. The van der Waals surface area contributed by atoms with Crippen LogP contribution in [0.2, 0.25) is 0 Å². The molecule has 0 N–H and O–H groups in total. The quantitative estimate of drug-likeness (QED) is 0.107. The van der Waals surface area contributed by atoms with Gasteiger partial charge < -0.3 is 0 Å². The molecule has 0 unspecified atom stereocenters. The highest BCUT2D eigenvalue weighted by atomic mass is 14.4. The molecule has 20 aromatic rings. The topological polar surface area (TPSA) is 0 Å². The largest absolute Gasteiger partial charge is 0.0610 e. The summed E-state index contributed by atoms with van der Waals surface area (Å²) in [5, 5.41) is 53.9. The number of fused-ring (bicyclic) bond motifs is 2. The van der Waals surface area contributed by atoms with Crippen molar-refractivity contribution in [3.63, 3.8) is 0 Å². The predicted molar refractivity (Wildman–Crippen MR) is 262 cm³/mol. The summed E-state index contributed by atoms with van der Waals surface area (Å²) >= 11 is 0. The molecule has 0 nitrogen and oxygen atoms in total. The van der Waals surface area contributed by atoms with Gasteiger partial charge in [-0.3, -0.25) is 0 Å². The highest BCUT2D eigenvalue weighted by Gasteiger charge is 2.33. The van der Waals surface area contributed by atoms with Crippen LogP contribution < -0.4 is 0 Å². The first-order chi connectivity index (χ1) is 29.8. The average molecular weight is 743 g/mol. The van der Waals surface area contributed by atoms with Crippen LogP contribution in [0.4, 0.5) is 0 Å². The van der Waals surface area contributed by atoms with Gasteiger partial charge in [-0.05, 0) is 265 Å². The maximum Gasteiger partial charge on any atom is -0.0000906 e. The first-order valence-electron chi connectivity index (χ1n) is 21.5. The van der Waals surface area contributed by atoms with Gasteiger partial charge in [-0.15, -0.1) is 0 Å². The van der Waals surface area contributed by atoms with E-state index in [1.807, 2.05) is 0 Å². The molecule has 0 aliphatic heterocycles. The van der Waals surface area contributed by atoms with Gasteiger partial charge in [0.1, 0.15) is 0 Å². The Labute approximate surface area is 336 Å². The molecule has 0 amide bonds. The Morgan fingerprint density at radius 3 is 0.500 bits per heavy atom. The third kappa shape index (κ3) is 2.33. The zero-order valence-electron chi connectivity index (χ0n) is 31.7. The van der Waals surface area contributed by atoms with Crippen LogP contribution in [0.1, 0.15) is 0 Å². The van der Waals surface area contributed by atoms with E-state index < -0.39 is 0 Å². The molecule has 0 heterocycles. The van der Waals surface area contributed by atoms with Crippen molar-refractivity contribution in [2.75, 3.05) is 0 Å². The van der Waals surface area contributed by atoms with E-state index in [-0.39, 0.29) is 0 Å². The summed E-state index contributed by atoms with van der Waals surface area (Å²) in [5.41, 5.74) is 0. The van der Waals surface area contributed by atoms with Crippen molar-refractivity contribution < 1.29 is 0 Å². The van der Waals surface area contributed by atoms with Gasteiger partial charge in [-0.1, -0.05) is 72.8 Å². The monoisotopic (exact) mass is 742 g/mol. The summed E-state index contributed by atoms with van der Waals surface area (Å²) in [6.07, 6.45) is 0. The van der Waals surface area contributed by atoms with E-state index in [0.717, 1.165) is 0 Å². The van der Waals surface area contributed by atoms with Gasteiger partial charge in [0.2, 0.25) is 0 Å². The lowest BCUT2D eigenvalue weighted by molar-refractivity contribution is 1.82. The summed E-state index contributed by atoms with van der Waals surface area (Å²) in [6, 6.07) is 53.5. The first-order valence-corrected chi connectivity index (χ1v) is 21.5. The molecular formula is C60H22. The zero-order chi connectivity index (χ0) is 37.5. The Morgan fingerprint density at radius 2 is 0.300 bits per heavy atom. The van der Waals surface area contributed by atoms with E-state index in [2.05, 4.69) is 133 Å². The lowest BCUT2D eigenvalue weighted by Gasteiger charge is -2.30. The van der Waals surface area contributed by atoms with Gasteiger partial charge in [-0.25, -0.2) is 0 Å².